The van der Waals surface area contributed by atoms with Gasteiger partial charge in [0, 0.05) is 32.9 Å². The maximum atomic E-state index is 17.7. The molecule has 9 heteroatoms. The van der Waals surface area contributed by atoms with Crippen LogP contribution in [0.25, 0.3) is 0 Å². The van der Waals surface area contributed by atoms with Crippen molar-refractivity contribution < 1.29 is 28.9 Å². The van der Waals surface area contributed by atoms with E-state index in [1.54, 1.807) is 11.3 Å². The summed E-state index contributed by atoms with van der Waals surface area (Å²) in [6, 6.07) is 4.21. The highest BCUT2D eigenvalue weighted by molar-refractivity contribution is 7.11. The Hall–Kier alpha value is -1.91. The molecule has 4 fully saturated rings. The summed E-state index contributed by atoms with van der Waals surface area (Å²) in [5.74, 6) is -1.57. The lowest BCUT2D eigenvalue weighted by atomic mass is 9.44. The average Bonchev–Trinajstić information content (AvgIpc) is 3.51. The minimum atomic E-state index is -1.90. The monoisotopic (exact) mass is 572 g/mol. The molecule has 7 nitrogen and oxygen atoms in total. The maximum absolute atomic E-state index is 17.7. The van der Waals surface area contributed by atoms with Crippen molar-refractivity contribution in [2.45, 2.75) is 96.0 Å². The number of aliphatic hydroxyl groups excluding tert-OH is 2. The van der Waals surface area contributed by atoms with Crippen LogP contribution in [0.4, 0.5) is 4.39 Å². The molecule has 3 N–H and O–H groups in total. The predicted molar refractivity (Wildman–Crippen MR) is 152 cm³/mol. The molecule has 6 rings (SSSR count). The lowest BCUT2D eigenvalue weighted by molar-refractivity contribution is -0.236. The number of nitrogens with zero attached hydrogens (tertiary/aromatic N) is 1. The third-order valence-corrected chi connectivity index (χ3v) is 11.7. The molecule has 3 saturated carbocycles. The number of hydrogen-bond donors (Lipinski definition) is 3. The number of rotatable bonds is 6. The van der Waals surface area contributed by atoms with Crippen molar-refractivity contribution in [3.8, 4) is 0 Å². The van der Waals surface area contributed by atoms with E-state index in [2.05, 4.69) is 24.2 Å². The maximum Gasteiger partial charge on any atom is 0.164 e. The normalized spacial score (nSPS) is 44.0. The van der Waals surface area contributed by atoms with Crippen molar-refractivity contribution in [3.63, 3.8) is 0 Å². The van der Waals surface area contributed by atoms with Crippen molar-refractivity contribution in [1.82, 2.24) is 0 Å². The molecule has 1 aromatic heterocycles. The Labute approximate surface area is 239 Å². The number of halogens is 1. The first-order chi connectivity index (χ1) is 18.8. The van der Waals surface area contributed by atoms with E-state index < -0.39 is 52.6 Å². The van der Waals surface area contributed by atoms with E-state index >= 15 is 4.39 Å². The van der Waals surface area contributed by atoms with Crippen LogP contribution in [0.2, 0.25) is 0 Å². The van der Waals surface area contributed by atoms with Crippen LogP contribution in [0.3, 0.4) is 0 Å². The minimum Gasteiger partial charge on any atom is -0.395 e. The van der Waals surface area contributed by atoms with E-state index in [4.69, 9.17) is 19.7 Å². The highest BCUT2D eigenvalue weighted by Crippen LogP contribution is 2.72. The van der Waals surface area contributed by atoms with Gasteiger partial charge in [-0.25, -0.2) is 4.39 Å². The fourth-order valence-corrected chi connectivity index (χ4v) is 9.80. The molecule has 0 aromatic carbocycles. The first-order valence-electron chi connectivity index (χ1n) is 14.4. The van der Waals surface area contributed by atoms with Gasteiger partial charge in [0.1, 0.15) is 17.9 Å². The lowest BCUT2D eigenvalue weighted by Crippen LogP contribution is -2.69. The number of nitrogens with one attached hydrogen (secondary N) is 1. The number of aryl methyl sites for hydroxylation is 1. The largest absolute Gasteiger partial charge is 0.395 e. The SMILES string of the molecule is Cc1ccc(CCO/N=C2\C=C[C@@]3(C)C(=C2)CC[C@H]2[C@@H]4C[C@H]5OC(C)(C)O[C@@]5(C(=N)CO)[C@@]4(C)C[C@H](O)[C@@]23F)s1. The molecule has 0 radical (unpaired) electrons. The summed E-state index contributed by atoms with van der Waals surface area (Å²) in [6.45, 7) is 9.60. The average molecular weight is 573 g/mol. The van der Waals surface area contributed by atoms with Crippen LogP contribution < -0.4 is 0 Å². The molecule has 218 valence electrons. The van der Waals surface area contributed by atoms with Crippen LogP contribution in [0.15, 0.2) is 41.1 Å². The van der Waals surface area contributed by atoms with Gasteiger partial charge in [-0.15, -0.1) is 11.3 Å². The standard InChI is InChI=1S/C31H41FN2O5S/c1-18-6-8-21(40-18)11-13-37-34-20-10-12-28(4)19(14-20)7-9-22-23-15-26-31(24(33)17-35,39-27(2,3)38-26)29(23,5)16-25(36)30(22,28)32/h6,8,10,12,14,22-23,25-26,33,35-36H,7,9,11,13,15-17H2,1-5H3/b33-24?,34-20+/t22-,23-,25-,26+,28-,29-,30-,31+/m0/s1. The number of hydrogen-bond acceptors (Lipinski definition) is 8. The molecular formula is C31H41FN2O5S. The number of allylic oxidation sites excluding steroid dienone is 4. The number of fused-ring (bicyclic) bond motifs is 7. The molecule has 8 atom stereocenters. The van der Waals surface area contributed by atoms with Crippen LogP contribution in [0.1, 0.15) is 63.1 Å². The molecule has 0 bridgehead atoms. The topological polar surface area (TPSA) is 104 Å². The molecule has 1 saturated heterocycles. The van der Waals surface area contributed by atoms with Gasteiger partial charge in [0.15, 0.2) is 11.5 Å². The zero-order valence-corrected chi connectivity index (χ0v) is 24.8. The second-order valence-electron chi connectivity index (χ2n) is 13.2. The van der Waals surface area contributed by atoms with E-state index in [1.165, 1.54) is 9.75 Å². The lowest BCUT2D eigenvalue weighted by Gasteiger charge is -2.63. The van der Waals surface area contributed by atoms with Gasteiger partial charge in [-0.1, -0.05) is 23.7 Å². The molecule has 4 aliphatic carbocycles. The van der Waals surface area contributed by atoms with E-state index in [9.17, 15) is 10.2 Å². The third kappa shape index (κ3) is 3.73. The Bertz CT molecular complexity index is 1310. The minimum absolute atomic E-state index is 0.0434. The summed E-state index contributed by atoms with van der Waals surface area (Å²) in [4.78, 5) is 8.14. The highest BCUT2D eigenvalue weighted by atomic mass is 32.1. The van der Waals surface area contributed by atoms with Gasteiger partial charge < -0.3 is 29.9 Å². The van der Waals surface area contributed by atoms with Crippen LogP contribution in [0.5, 0.6) is 0 Å². The fraction of sp³-hybridized carbons (Fsp3) is 0.677. The molecular weight excluding hydrogens is 531 g/mol. The summed E-state index contributed by atoms with van der Waals surface area (Å²) in [5.41, 5.74) is -3.25. The molecule has 1 aromatic rings. The van der Waals surface area contributed by atoms with E-state index in [-0.39, 0.29) is 18.1 Å². The second-order valence-corrected chi connectivity index (χ2v) is 14.6. The van der Waals surface area contributed by atoms with Gasteiger partial charge in [-0.3, -0.25) is 0 Å². The number of ether oxygens (including phenoxy) is 2. The van der Waals surface area contributed by atoms with Gasteiger partial charge in [-0.2, -0.15) is 0 Å². The summed E-state index contributed by atoms with van der Waals surface area (Å²) < 4.78 is 30.5. The van der Waals surface area contributed by atoms with Gasteiger partial charge in [0.2, 0.25) is 0 Å². The number of thiophene rings is 1. The first-order valence-corrected chi connectivity index (χ1v) is 15.2. The smallest absolute Gasteiger partial charge is 0.164 e. The Morgan fingerprint density at radius 2 is 2.02 bits per heavy atom. The first kappa shape index (κ1) is 28.2. The van der Waals surface area contributed by atoms with Crippen LogP contribution >= 0.6 is 11.3 Å². The summed E-state index contributed by atoms with van der Waals surface area (Å²) in [5, 5.41) is 34.9. The van der Waals surface area contributed by atoms with Crippen LogP contribution in [0, 0.1) is 35.0 Å². The van der Waals surface area contributed by atoms with Crippen molar-refractivity contribution in [2.75, 3.05) is 13.2 Å². The predicted octanol–water partition coefficient (Wildman–Crippen LogP) is 5.29. The molecule has 1 aliphatic heterocycles. The summed E-state index contributed by atoms with van der Waals surface area (Å²) in [6.07, 6.45) is 6.50. The van der Waals surface area contributed by atoms with Crippen molar-refractivity contribution >= 4 is 22.8 Å². The molecule has 0 unspecified atom stereocenters. The Morgan fingerprint density at radius 3 is 2.73 bits per heavy atom. The van der Waals surface area contributed by atoms with Crippen LogP contribution in [-0.2, 0) is 20.7 Å². The number of oxime groups is 1. The zero-order chi connectivity index (χ0) is 28.7. The summed E-state index contributed by atoms with van der Waals surface area (Å²) in [7, 11) is 0. The zero-order valence-electron chi connectivity index (χ0n) is 24.0. The van der Waals surface area contributed by atoms with Gasteiger partial charge in [-0.05, 0) is 83.6 Å². The van der Waals surface area contributed by atoms with Crippen LogP contribution in [-0.4, -0.2) is 64.1 Å². The molecule has 0 amide bonds. The van der Waals surface area contributed by atoms with Gasteiger partial charge in [0.25, 0.3) is 0 Å². The molecule has 0 spiro atoms. The molecule has 5 aliphatic rings. The Morgan fingerprint density at radius 1 is 1.25 bits per heavy atom. The third-order valence-electron chi connectivity index (χ3n) is 10.7. The quantitative estimate of drug-likeness (QED) is 0.244. The second kappa shape index (κ2) is 9.30. The number of aliphatic hydroxyl groups is 2. The molecule has 2 heterocycles. The van der Waals surface area contributed by atoms with E-state index in [0.29, 0.717) is 31.6 Å². The Kier molecular flexibility index (Phi) is 6.56. The summed E-state index contributed by atoms with van der Waals surface area (Å²) >= 11 is 1.75. The highest BCUT2D eigenvalue weighted by Gasteiger charge is 2.79. The number of alkyl halides is 1. The fourth-order valence-electron chi connectivity index (χ4n) is 8.92. The van der Waals surface area contributed by atoms with E-state index in [1.807, 2.05) is 45.9 Å². The van der Waals surface area contributed by atoms with Crippen molar-refractivity contribution in [1.29, 1.82) is 5.41 Å². The molecule has 40 heavy (non-hydrogen) atoms. The van der Waals surface area contributed by atoms with Crippen molar-refractivity contribution in [3.05, 3.63) is 45.7 Å². The Balaban J connectivity index is 1.27. The van der Waals surface area contributed by atoms with Gasteiger partial charge >= 0.3 is 0 Å². The van der Waals surface area contributed by atoms with Crippen molar-refractivity contribution in [2.24, 2.45) is 27.8 Å². The van der Waals surface area contributed by atoms with E-state index in [0.717, 1.165) is 12.0 Å². The van der Waals surface area contributed by atoms with Gasteiger partial charge in [0.05, 0.1) is 24.5 Å².